The summed E-state index contributed by atoms with van der Waals surface area (Å²) in [5, 5.41) is 13.0. The number of nitrogens with one attached hydrogen (secondary N) is 1. The number of carbonyl (C=O) groups is 1. The second kappa shape index (κ2) is 8.48. The molecule has 1 aliphatic heterocycles. The van der Waals surface area contributed by atoms with Gasteiger partial charge in [0.05, 0.1) is 23.0 Å². The van der Waals surface area contributed by atoms with Crippen LogP contribution in [0.4, 0.5) is 10.1 Å². The van der Waals surface area contributed by atoms with Gasteiger partial charge in [-0.2, -0.15) is 0 Å². The molecule has 1 saturated heterocycles. The molecule has 0 aliphatic carbocycles. The fourth-order valence-corrected chi connectivity index (χ4v) is 4.54. The van der Waals surface area contributed by atoms with Crippen LogP contribution in [0.15, 0.2) is 91.3 Å². The number of rotatable bonds is 5. The van der Waals surface area contributed by atoms with Gasteiger partial charge in [-0.05, 0) is 72.9 Å². The van der Waals surface area contributed by atoms with E-state index in [1.54, 1.807) is 53.6 Å². The van der Waals surface area contributed by atoms with Gasteiger partial charge in [-0.1, -0.05) is 18.2 Å². The Hall–Kier alpha value is -4.04. The van der Waals surface area contributed by atoms with Crippen LogP contribution >= 0.6 is 12.2 Å². The minimum absolute atomic E-state index is 0.204. The second-order valence-electron chi connectivity index (χ2n) is 7.60. The molecule has 0 amide bonds. The van der Waals surface area contributed by atoms with Crippen molar-refractivity contribution in [2.24, 2.45) is 0 Å². The highest BCUT2D eigenvalue weighted by molar-refractivity contribution is 7.80. The number of anilines is 1. The third-order valence-corrected chi connectivity index (χ3v) is 6.00. The fourth-order valence-electron chi connectivity index (χ4n) is 4.20. The first-order chi connectivity index (χ1) is 16.0. The van der Waals surface area contributed by atoms with Crippen LogP contribution < -0.4 is 10.2 Å². The molecule has 2 aromatic heterocycles. The second-order valence-corrected chi connectivity index (χ2v) is 7.99. The van der Waals surface area contributed by atoms with Crippen molar-refractivity contribution in [2.75, 3.05) is 4.90 Å². The number of benzene rings is 2. The maximum Gasteiger partial charge on any atom is 0.335 e. The van der Waals surface area contributed by atoms with E-state index >= 15 is 0 Å². The zero-order chi connectivity index (χ0) is 22.9. The Bertz CT molecular complexity index is 1320. The average Bonchev–Trinajstić information content (AvgIpc) is 3.44. The summed E-state index contributed by atoms with van der Waals surface area (Å²) in [5.41, 5.74) is 2.98. The average molecular weight is 459 g/mol. The van der Waals surface area contributed by atoms with Crippen molar-refractivity contribution in [3.05, 3.63) is 114 Å². The van der Waals surface area contributed by atoms with E-state index in [9.17, 15) is 14.3 Å². The molecule has 3 heterocycles. The van der Waals surface area contributed by atoms with E-state index in [4.69, 9.17) is 12.2 Å². The monoisotopic (exact) mass is 458 g/mol. The molecular formula is C25H19FN4O2S. The fraction of sp³-hybridized carbons (Fsp3) is 0.0800. The van der Waals surface area contributed by atoms with Crippen LogP contribution in [-0.4, -0.2) is 25.7 Å². The number of halogens is 1. The first-order valence-electron chi connectivity index (χ1n) is 10.3. The zero-order valence-electron chi connectivity index (χ0n) is 17.3. The lowest BCUT2D eigenvalue weighted by atomic mass is 10.0. The highest BCUT2D eigenvalue weighted by Crippen LogP contribution is 2.42. The van der Waals surface area contributed by atoms with E-state index in [1.165, 1.54) is 6.07 Å². The predicted octanol–water partition coefficient (Wildman–Crippen LogP) is 4.89. The van der Waals surface area contributed by atoms with E-state index in [-0.39, 0.29) is 17.4 Å². The van der Waals surface area contributed by atoms with Crippen molar-refractivity contribution in [3.63, 3.8) is 0 Å². The molecule has 5 rings (SSSR count). The summed E-state index contributed by atoms with van der Waals surface area (Å²) >= 11 is 5.66. The van der Waals surface area contributed by atoms with Gasteiger partial charge >= 0.3 is 5.97 Å². The summed E-state index contributed by atoms with van der Waals surface area (Å²) < 4.78 is 16.8. The number of aromatic carboxylic acids is 1. The molecule has 0 bridgehead atoms. The van der Waals surface area contributed by atoms with Crippen LogP contribution in [-0.2, 0) is 0 Å². The van der Waals surface area contributed by atoms with Crippen LogP contribution in [0.3, 0.4) is 0 Å². The van der Waals surface area contributed by atoms with Gasteiger partial charge in [-0.15, -0.1) is 0 Å². The number of para-hydroxylation sites is 1. The molecule has 2 N–H and O–H groups in total. The van der Waals surface area contributed by atoms with E-state index in [0.717, 1.165) is 17.1 Å². The first kappa shape index (κ1) is 20.8. The maximum atomic E-state index is 14.9. The third kappa shape index (κ3) is 3.74. The van der Waals surface area contributed by atoms with E-state index in [0.29, 0.717) is 10.8 Å². The summed E-state index contributed by atoms with van der Waals surface area (Å²) in [7, 11) is 0. The molecule has 0 unspecified atom stereocenters. The lowest BCUT2D eigenvalue weighted by Crippen LogP contribution is -2.31. The molecule has 6 nitrogen and oxygen atoms in total. The van der Waals surface area contributed by atoms with Crippen LogP contribution in [0, 0.1) is 5.82 Å². The summed E-state index contributed by atoms with van der Waals surface area (Å²) in [6.45, 7) is 0. The van der Waals surface area contributed by atoms with Crippen LogP contribution in [0.25, 0.3) is 5.69 Å². The quantitative estimate of drug-likeness (QED) is 0.415. The number of aromatic nitrogens is 2. The van der Waals surface area contributed by atoms with Gasteiger partial charge < -0.3 is 19.9 Å². The highest BCUT2D eigenvalue weighted by atomic mass is 32.1. The molecule has 2 atom stereocenters. The molecular weight excluding hydrogens is 439 g/mol. The molecule has 0 saturated carbocycles. The summed E-state index contributed by atoms with van der Waals surface area (Å²) in [4.78, 5) is 17.6. The van der Waals surface area contributed by atoms with Crippen molar-refractivity contribution in [3.8, 4) is 5.69 Å². The molecule has 0 radical (unpaired) electrons. The van der Waals surface area contributed by atoms with E-state index in [2.05, 4.69) is 10.3 Å². The predicted molar refractivity (Wildman–Crippen MR) is 127 cm³/mol. The number of carboxylic acids is 1. The van der Waals surface area contributed by atoms with E-state index < -0.39 is 12.0 Å². The molecule has 0 spiro atoms. The van der Waals surface area contributed by atoms with Crippen molar-refractivity contribution in [1.29, 1.82) is 0 Å². The van der Waals surface area contributed by atoms with Gasteiger partial charge in [0.15, 0.2) is 5.11 Å². The Morgan fingerprint density at radius 1 is 1.00 bits per heavy atom. The molecule has 4 aromatic rings. The number of thiocarbonyl (C=S) groups is 1. The Morgan fingerprint density at radius 3 is 2.45 bits per heavy atom. The number of nitrogens with zero attached hydrogens (tertiary/aromatic N) is 3. The third-order valence-electron chi connectivity index (χ3n) is 5.69. The van der Waals surface area contributed by atoms with Gasteiger partial charge in [0.1, 0.15) is 11.9 Å². The summed E-state index contributed by atoms with van der Waals surface area (Å²) in [6, 6.07) is 21.9. The number of carboxylic acid groups (broad SMARTS) is 1. The SMILES string of the molecule is O=C(O)c1ccc(-n2cccc2[C@@H]2[C@H](c3ccccn3)NC(=S)N2c2ccccc2F)cc1. The normalized spacial score (nSPS) is 17.7. The highest BCUT2D eigenvalue weighted by Gasteiger charge is 2.42. The van der Waals surface area contributed by atoms with Gasteiger partial charge in [0.25, 0.3) is 0 Å². The van der Waals surface area contributed by atoms with E-state index in [1.807, 2.05) is 41.1 Å². The van der Waals surface area contributed by atoms with Gasteiger partial charge in [-0.25, -0.2) is 9.18 Å². The Kier molecular flexibility index (Phi) is 5.35. The summed E-state index contributed by atoms with van der Waals surface area (Å²) in [6.07, 6.45) is 3.61. The Morgan fingerprint density at radius 2 is 1.76 bits per heavy atom. The van der Waals surface area contributed by atoms with Crippen LogP contribution in [0.2, 0.25) is 0 Å². The van der Waals surface area contributed by atoms with Gasteiger partial charge in [-0.3, -0.25) is 4.98 Å². The zero-order valence-corrected chi connectivity index (χ0v) is 18.1. The molecule has 2 aromatic carbocycles. The minimum atomic E-state index is -0.986. The smallest absolute Gasteiger partial charge is 0.335 e. The molecule has 33 heavy (non-hydrogen) atoms. The van der Waals surface area contributed by atoms with Crippen molar-refractivity contribution >= 4 is 29.0 Å². The first-order valence-corrected chi connectivity index (χ1v) is 10.7. The Balaban J connectivity index is 1.65. The number of hydrogen-bond donors (Lipinski definition) is 2. The van der Waals surface area contributed by atoms with Gasteiger partial charge in [0, 0.05) is 23.8 Å². The van der Waals surface area contributed by atoms with Crippen molar-refractivity contribution in [1.82, 2.24) is 14.9 Å². The summed E-state index contributed by atoms with van der Waals surface area (Å²) in [5.74, 6) is -1.36. The lowest BCUT2D eigenvalue weighted by Gasteiger charge is -2.29. The molecule has 1 aliphatic rings. The van der Waals surface area contributed by atoms with Crippen LogP contribution in [0.1, 0.15) is 33.8 Å². The lowest BCUT2D eigenvalue weighted by molar-refractivity contribution is 0.0697. The molecule has 164 valence electrons. The number of pyridine rings is 1. The maximum absolute atomic E-state index is 14.9. The molecule has 1 fully saturated rings. The largest absolute Gasteiger partial charge is 0.478 e. The minimum Gasteiger partial charge on any atom is -0.478 e. The molecule has 8 heteroatoms. The van der Waals surface area contributed by atoms with Crippen molar-refractivity contribution < 1.29 is 14.3 Å². The van der Waals surface area contributed by atoms with Crippen LogP contribution in [0.5, 0.6) is 0 Å². The van der Waals surface area contributed by atoms with Gasteiger partial charge in [0.2, 0.25) is 0 Å². The van der Waals surface area contributed by atoms with Crippen molar-refractivity contribution in [2.45, 2.75) is 12.1 Å². The topological polar surface area (TPSA) is 70.4 Å². The Labute approximate surface area is 194 Å². The number of hydrogen-bond acceptors (Lipinski definition) is 3. The standard InChI is InChI=1S/C25H19FN4O2S/c26-18-6-1-2-8-20(18)30-23(22(28-25(30)33)19-7-3-4-14-27-19)21-9-5-15-29(21)17-12-10-16(11-13-17)24(31)32/h1-15,22-23H,(H,28,33)(H,31,32)/t22-,23+/m0/s1.